The Morgan fingerprint density at radius 1 is 0.880 bits per heavy atom. The second-order valence-electron chi connectivity index (χ2n) is 5.89. The molecular formula is C21H21NO2S. The molecule has 0 atom stereocenters. The minimum atomic E-state index is -0.0200. The van der Waals surface area contributed by atoms with Crippen molar-refractivity contribution in [2.45, 2.75) is 26.7 Å². The third kappa shape index (κ3) is 5.28. The Morgan fingerprint density at radius 2 is 1.52 bits per heavy atom. The number of hydrogen-bond acceptors (Lipinski definition) is 3. The van der Waals surface area contributed by atoms with Crippen LogP contribution in [0.25, 0.3) is 0 Å². The van der Waals surface area contributed by atoms with Gasteiger partial charge in [-0.2, -0.15) is 0 Å². The molecule has 0 saturated carbocycles. The summed E-state index contributed by atoms with van der Waals surface area (Å²) in [4.78, 5) is 14.0. The SMILES string of the molecule is Cc1ccc(C(=O)NCc2ccc(COCc3ccccc3)cc2)s1. The number of carbonyl (C=O) groups excluding carboxylic acids is 1. The molecule has 3 aromatic rings. The molecule has 0 radical (unpaired) electrons. The standard InChI is InChI=1S/C21H21NO2S/c1-16-7-12-20(25-16)21(23)22-13-17-8-10-19(11-9-17)15-24-14-18-5-3-2-4-6-18/h2-12H,13-15H2,1H3,(H,22,23). The molecule has 1 amide bonds. The Kier molecular flexibility index (Phi) is 5.99. The van der Waals surface area contributed by atoms with Gasteiger partial charge in [-0.05, 0) is 35.7 Å². The number of aryl methyl sites for hydroxylation is 1. The number of thiophene rings is 1. The zero-order valence-electron chi connectivity index (χ0n) is 14.2. The Hall–Kier alpha value is -2.43. The van der Waals surface area contributed by atoms with Crippen molar-refractivity contribution >= 4 is 17.2 Å². The van der Waals surface area contributed by atoms with Crippen LogP contribution in [0.4, 0.5) is 0 Å². The molecule has 3 rings (SSSR count). The van der Waals surface area contributed by atoms with E-state index in [4.69, 9.17) is 4.74 Å². The van der Waals surface area contributed by atoms with Gasteiger partial charge in [0, 0.05) is 11.4 Å². The molecule has 2 aromatic carbocycles. The predicted octanol–water partition coefficient (Wildman–Crippen LogP) is 4.70. The van der Waals surface area contributed by atoms with E-state index in [0.29, 0.717) is 19.8 Å². The number of benzene rings is 2. The van der Waals surface area contributed by atoms with E-state index in [2.05, 4.69) is 17.4 Å². The van der Waals surface area contributed by atoms with Crippen molar-refractivity contribution in [1.82, 2.24) is 5.32 Å². The molecule has 1 aromatic heterocycles. The molecule has 0 aliphatic rings. The number of carbonyl (C=O) groups is 1. The van der Waals surface area contributed by atoms with Crippen molar-refractivity contribution in [3.8, 4) is 0 Å². The van der Waals surface area contributed by atoms with Crippen LogP contribution in [-0.4, -0.2) is 5.91 Å². The summed E-state index contributed by atoms with van der Waals surface area (Å²) in [6, 6.07) is 22.1. The molecule has 0 unspecified atom stereocenters. The number of amides is 1. The van der Waals surface area contributed by atoms with Crippen LogP contribution in [0.15, 0.2) is 66.7 Å². The first-order chi connectivity index (χ1) is 12.2. The predicted molar refractivity (Wildman–Crippen MR) is 102 cm³/mol. The summed E-state index contributed by atoms with van der Waals surface area (Å²) in [5.74, 6) is -0.0200. The molecule has 4 heteroatoms. The topological polar surface area (TPSA) is 38.3 Å². The zero-order chi connectivity index (χ0) is 17.5. The van der Waals surface area contributed by atoms with E-state index in [1.165, 1.54) is 16.9 Å². The molecule has 3 nitrogen and oxygen atoms in total. The maximum atomic E-state index is 12.1. The molecule has 0 bridgehead atoms. The van der Waals surface area contributed by atoms with Crippen molar-refractivity contribution in [3.63, 3.8) is 0 Å². The second-order valence-corrected chi connectivity index (χ2v) is 7.18. The van der Waals surface area contributed by atoms with Crippen LogP contribution in [-0.2, 0) is 24.5 Å². The van der Waals surface area contributed by atoms with Gasteiger partial charge >= 0.3 is 0 Å². The van der Waals surface area contributed by atoms with Gasteiger partial charge in [-0.3, -0.25) is 4.79 Å². The van der Waals surface area contributed by atoms with Gasteiger partial charge in [-0.25, -0.2) is 0 Å². The van der Waals surface area contributed by atoms with Gasteiger partial charge in [0.2, 0.25) is 0 Å². The molecule has 0 spiro atoms. The van der Waals surface area contributed by atoms with E-state index in [0.717, 1.165) is 20.9 Å². The van der Waals surface area contributed by atoms with Gasteiger partial charge in [0.15, 0.2) is 0 Å². The average Bonchev–Trinajstić information content (AvgIpc) is 3.08. The summed E-state index contributed by atoms with van der Waals surface area (Å²) < 4.78 is 5.74. The van der Waals surface area contributed by atoms with Crippen molar-refractivity contribution in [3.05, 3.63) is 93.2 Å². The summed E-state index contributed by atoms with van der Waals surface area (Å²) in [6.45, 7) is 3.72. The lowest BCUT2D eigenvalue weighted by molar-refractivity contribution is 0.0955. The molecule has 0 aliphatic heterocycles. The van der Waals surface area contributed by atoms with Crippen LogP contribution in [0.2, 0.25) is 0 Å². The fraction of sp³-hybridized carbons (Fsp3) is 0.190. The van der Waals surface area contributed by atoms with Gasteiger partial charge in [0.05, 0.1) is 18.1 Å². The van der Waals surface area contributed by atoms with E-state index in [-0.39, 0.29) is 5.91 Å². The van der Waals surface area contributed by atoms with Gasteiger partial charge in [-0.15, -0.1) is 11.3 Å². The molecule has 0 fully saturated rings. The highest BCUT2D eigenvalue weighted by molar-refractivity contribution is 7.13. The van der Waals surface area contributed by atoms with Gasteiger partial charge in [0.1, 0.15) is 0 Å². The molecule has 0 aliphatic carbocycles. The average molecular weight is 351 g/mol. The van der Waals surface area contributed by atoms with E-state index in [9.17, 15) is 4.79 Å². The maximum Gasteiger partial charge on any atom is 0.261 e. The first-order valence-electron chi connectivity index (χ1n) is 8.25. The normalized spacial score (nSPS) is 10.6. The third-order valence-corrected chi connectivity index (χ3v) is 4.82. The summed E-state index contributed by atoms with van der Waals surface area (Å²) in [7, 11) is 0. The van der Waals surface area contributed by atoms with Crippen LogP contribution >= 0.6 is 11.3 Å². The largest absolute Gasteiger partial charge is 0.372 e. The monoisotopic (exact) mass is 351 g/mol. The zero-order valence-corrected chi connectivity index (χ0v) is 15.0. The Bertz CT molecular complexity index is 809. The van der Waals surface area contributed by atoms with Gasteiger partial charge in [-0.1, -0.05) is 54.6 Å². The Balaban J connectivity index is 1.44. The summed E-state index contributed by atoms with van der Waals surface area (Å²) in [5, 5.41) is 2.95. The fourth-order valence-corrected chi connectivity index (χ4v) is 3.22. The van der Waals surface area contributed by atoms with Crippen molar-refractivity contribution in [2.75, 3.05) is 0 Å². The highest BCUT2D eigenvalue weighted by atomic mass is 32.1. The number of ether oxygens (including phenoxy) is 1. The van der Waals surface area contributed by atoms with Crippen LogP contribution in [0.5, 0.6) is 0 Å². The van der Waals surface area contributed by atoms with Crippen LogP contribution in [0.1, 0.15) is 31.2 Å². The molecule has 1 heterocycles. The molecule has 0 saturated heterocycles. The van der Waals surface area contributed by atoms with Gasteiger partial charge in [0.25, 0.3) is 5.91 Å². The quantitative estimate of drug-likeness (QED) is 0.670. The Labute approximate surface area is 152 Å². The number of rotatable bonds is 7. The van der Waals surface area contributed by atoms with E-state index in [1.807, 2.05) is 61.5 Å². The summed E-state index contributed by atoms with van der Waals surface area (Å²) in [5.41, 5.74) is 3.37. The van der Waals surface area contributed by atoms with E-state index < -0.39 is 0 Å². The Morgan fingerprint density at radius 3 is 2.16 bits per heavy atom. The highest BCUT2D eigenvalue weighted by Crippen LogP contribution is 2.15. The first kappa shape index (κ1) is 17.4. The second kappa shape index (κ2) is 8.60. The smallest absolute Gasteiger partial charge is 0.261 e. The summed E-state index contributed by atoms with van der Waals surface area (Å²) in [6.07, 6.45) is 0. The van der Waals surface area contributed by atoms with E-state index in [1.54, 1.807) is 0 Å². The minimum absolute atomic E-state index is 0.0200. The van der Waals surface area contributed by atoms with Crippen molar-refractivity contribution < 1.29 is 9.53 Å². The molecule has 128 valence electrons. The molecule has 25 heavy (non-hydrogen) atoms. The number of hydrogen-bond donors (Lipinski definition) is 1. The van der Waals surface area contributed by atoms with Gasteiger partial charge < -0.3 is 10.1 Å². The van der Waals surface area contributed by atoms with Crippen LogP contribution < -0.4 is 5.32 Å². The van der Waals surface area contributed by atoms with E-state index >= 15 is 0 Å². The number of nitrogens with one attached hydrogen (secondary N) is 1. The lowest BCUT2D eigenvalue weighted by Gasteiger charge is -2.07. The lowest BCUT2D eigenvalue weighted by Crippen LogP contribution is -2.21. The van der Waals surface area contributed by atoms with Crippen LogP contribution in [0, 0.1) is 6.92 Å². The lowest BCUT2D eigenvalue weighted by atomic mass is 10.1. The third-order valence-electron chi connectivity index (χ3n) is 3.82. The van der Waals surface area contributed by atoms with Crippen molar-refractivity contribution in [1.29, 1.82) is 0 Å². The first-order valence-corrected chi connectivity index (χ1v) is 9.06. The fourth-order valence-electron chi connectivity index (χ4n) is 2.44. The molecular weight excluding hydrogens is 330 g/mol. The highest BCUT2D eigenvalue weighted by Gasteiger charge is 2.07. The molecule has 1 N–H and O–H groups in total. The van der Waals surface area contributed by atoms with Crippen LogP contribution in [0.3, 0.4) is 0 Å². The maximum absolute atomic E-state index is 12.1. The van der Waals surface area contributed by atoms with Crippen molar-refractivity contribution in [2.24, 2.45) is 0 Å². The summed E-state index contributed by atoms with van der Waals surface area (Å²) >= 11 is 1.51. The minimum Gasteiger partial charge on any atom is -0.372 e.